The van der Waals surface area contributed by atoms with Crippen LogP contribution in [0.4, 0.5) is 4.79 Å². The molecular formula is C17H28N2O. The fraction of sp³-hybridized carbons (Fsp3) is 0.941. The molecule has 0 aromatic heterocycles. The summed E-state index contributed by atoms with van der Waals surface area (Å²) in [5, 5.41) is 6.55. The number of carbonyl (C=O) groups is 1. The van der Waals surface area contributed by atoms with Crippen LogP contribution in [0, 0.1) is 23.7 Å². The Balaban J connectivity index is 1.32. The number of nitrogens with one attached hydrogen (secondary N) is 2. The van der Waals surface area contributed by atoms with E-state index in [1.807, 2.05) is 0 Å². The highest BCUT2D eigenvalue weighted by Gasteiger charge is 2.51. The number of urea groups is 1. The van der Waals surface area contributed by atoms with Gasteiger partial charge in [0.2, 0.25) is 0 Å². The Morgan fingerprint density at radius 2 is 1.50 bits per heavy atom. The van der Waals surface area contributed by atoms with E-state index in [-0.39, 0.29) is 11.6 Å². The zero-order valence-electron chi connectivity index (χ0n) is 12.5. The highest BCUT2D eigenvalue weighted by molar-refractivity contribution is 5.74. The molecule has 5 aliphatic carbocycles. The van der Waals surface area contributed by atoms with Crippen LogP contribution >= 0.6 is 0 Å². The predicted octanol–water partition coefficient (Wildman–Crippen LogP) is 3.44. The number of rotatable bonds is 3. The van der Waals surface area contributed by atoms with Gasteiger partial charge in [-0.3, -0.25) is 0 Å². The molecule has 5 rings (SSSR count). The van der Waals surface area contributed by atoms with Gasteiger partial charge in [0, 0.05) is 12.1 Å². The van der Waals surface area contributed by atoms with E-state index in [1.165, 1.54) is 64.2 Å². The summed E-state index contributed by atoms with van der Waals surface area (Å²) in [5.74, 6) is 3.43. The molecule has 112 valence electrons. The summed E-state index contributed by atoms with van der Waals surface area (Å²) in [6.45, 7) is 0.887. The molecule has 0 atom stereocenters. The van der Waals surface area contributed by atoms with Crippen LogP contribution in [0.25, 0.3) is 0 Å². The Hall–Kier alpha value is -0.730. The van der Waals surface area contributed by atoms with Crippen molar-refractivity contribution in [3.63, 3.8) is 0 Å². The summed E-state index contributed by atoms with van der Waals surface area (Å²) in [4.78, 5) is 12.3. The second kappa shape index (κ2) is 4.92. The molecule has 0 unspecified atom stereocenters. The largest absolute Gasteiger partial charge is 0.338 e. The van der Waals surface area contributed by atoms with Gasteiger partial charge in [-0.1, -0.05) is 12.8 Å². The van der Waals surface area contributed by atoms with Gasteiger partial charge >= 0.3 is 6.03 Å². The van der Waals surface area contributed by atoms with E-state index < -0.39 is 0 Å². The molecule has 4 bridgehead atoms. The summed E-state index contributed by atoms with van der Waals surface area (Å²) in [6, 6.07) is 0.110. The molecule has 0 saturated heterocycles. The number of amides is 2. The SMILES string of the molecule is O=C(NCC1CCCC1)NC12CC3CC(CC(C3)C1)C2. The van der Waals surface area contributed by atoms with Gasteiger partial charge in [0.05, 0.1) is 0 Å². The number of hydrogen-bond donors (Lipinski definition) is 2. The molecule has 0 aromatic carbocycles. The molecule has 3 nitrogen and oxygen atoms in total. The van der Waals surface area contributed by atoms with Gasteiger partial charge in [0.1, 0.15) is 0 Å². The molecule has 3 heteroatoms. The fourth-order valence-electron chi connectivity index (χ4n) is 6.00. The van der Waals surface area contributed by atoms with Gasteiger partial charge in [-0.25, -0.2) is 4.79 Å². The Kier molecular flexibility index (Phi) is 3.19. The van der Waals surface area contributed by atoms with Gasteiger partial charge in [0.25, 0.3) is 0 Å². The van der Waals surface area contributed by atoms with Crippen LogP contribution in [-0.2, 0) is 0 Å². The lowest BCUT2D eigenvalue weighted by Gasteiger charge is -2.56. The third-order valence-electron chi connectivity index (χ3n) is 6.44. The molecular weight excluding hydrogens is 248 g/mol. The van der Waals surface area contributed by atoms with E-state index in [0.29, 0.717) is 0 Å². The second-order valence-electron chi connectivity index (χ2n) is 8.18. The van der Waals surface area contributed by atoms with E-state index in [1.54, 1.807) is 0 Å². The van der Waals surface area contributed by atoms with Crippen molar-refractivity contribution in [1.82, 2.24) is 10.6 Å². The molecule has 5 saturated carbocycles. The van der Waals surface area contributed by atoms with Crippen molar-refractivity contribution in [3.05, 3.63) is 0 Å². The smallest absolute Gasteiger partial charge is 0.315 e. The topological polar surface area (TPSA) is 41.1 Å². The van der Waals surface area contributed by atoms with E-state index in [0.717, 1.165) is 30.2 Å². The van der Waals surface area contributed by atoms with Gasteiger partial charge in [0.15, 0.2) is 0 Å². The maximum Gasteiger partial charge on any atom is 0.315 e. The van der Waals surface area contributed by atoms with Crippen molar-refractivity contribution in [2.45, 2.75) is 69.7 Å². The van der Waals surface area contributed by atoms with Crippen LogP contribution in [0.1, 0.15) is 64.2 Å². The lowest BCUT2D eigenvalue weighted by molar-refractivity contribution is -0.0135. The van der Waals surface area contributed by atoms with Crippen molar-refractivity contribution in [2.24, 2.45) is 23.7 Å². The Labute approximate surface area is 122 Å². The average molecular weight is 276 g/mol. The summed E-state index contributed by atoms with van der Waals surface area (Å²) in [7, 11) is 0. The van der Waals surface area contributed by atoms with Gasteiger partial charge in [-0.05, 0) is 75.0 Å². The first-order valence-electron chi connectivity index (χ1n) is 8.77. The molecule has 0 radical (unpaired) electrons. The molecule has 0 heterocycles. The molecule has 20 heavy (non-hydrogen) atoms. The van der Waals surface area contributed by atoms with Crippen LogP contribution in [0.15, 0.2) is 0 Å². The standard InChI is InChI=1S/C17H28N2O/c20-16(18-11-12-3-1-2-4-12)19-17-8-13-5-14(9-17)7-15(6-13)10-17/h12-15H,1-11H2,(H2,18,19,20). The van der Waals surface area contributed by atoms with Crippen LogP contribution in [0.3, 0.4) is 0 Å². The normalized spacial score (nSPS) is 42.9. The lowest BCUT2D eigenvalue weighted by atomic mass is 9.53. The Bertz CT molecular complexity index is 351. The van der Waals surface area contributed by atoms with Crippen molar-refractivity contribution >= 4 is 6.03 Å². The lowest BCUT2D eigenvalue weighted by Crippen LogP contribution is -2.61. The van der Waals surface area contributed by atoms with Crippen LogP contribution in [0.5, 0.6) is 0 Å². The zero-order chi connectivity index (χ0) is 13.6. The summed E-state index contributed by atoms with van der Waals surface area (Å²) in [5.41, 5.74) is 0.161. The van der Waals surface area contributed by atoms with E-state index >= 15 is 0 Å². The molecule has 0 aliphatic heterocycles. The minimum Gasteiger partial charge on any atom is -0.338 e. The van der Waals surface area contributed by atoms with Crippen molar-refractivity contribution in [3.8, 4) is 0 Å². The van der Waals surface area contributed by atoms with E-state index in [9.17, 15) is 4.79 Å². The van der Waals surface area contributed by atoms with Gasteiger partial charge in [-0.2, -0.15) is 0 Å². The van der Waals surface area contributed by atoms with Crippen LogP contribution in [-0.4, -0.2) is 18.1 Å². The summed E-state index contributed by atoms with van der Waals surface area (Å²) < 4.78 is 0. The fourth-order valence-corrected chi connectivity index (χ4v) is 6.00. The Morgan fingerprint density at radius 3 is 2.05 bits per heavy atom. The monoisotopic (exact) mass is 276 g/mol. The molecule has 5 aliphatic rings. The first-order chi connectivity index (χ1) is 9.71. The minimum atomic E-state index is 0.110. The first kappa shape index (κ1) is 13.0. The maximum atomic E-state index is 12.3. The highest BCUT2D eigenvalue weighted by Crippen LogP contribution is 2.55. The Morgan fingerprint density at radius 1 is 0.950 bits per heavy atom. The van der Waals surface area contributed by atoms with Crippen molar-refractivity contribution in [1.29, 1.82) is 0 Å². The quantitative estimate of drug-likeness (QED) is 0.814. The summed E-state index contributed by atoms with van der Waals surface area (Å²) >= 11 is 0. The van der Waals surface area contributed by atoms with Gasteiger partial charge < -0.3 is 10.6 Å². The molecule has 0 spiro atoms. The van der Waals surface area contributed by atoms with Crippen LogP contribution in [0.2, 0.25) is 0 Å². The van der Waals surface area contributed by atoms with E-state index in [4.69, 9.17) is 0 Å². The highest BCUT2D eigenvalue weighted by atomic mass is 16.2. The molecule has 0 aromatic rings. The minimum absolute atomic E-state index is 0.110. The molecule has 2 N–H and O–H groups in total. The number of hydrogen-bond acceptors (Lipinski definition) is 1. The molecule has 2 amide bonds. The number of carbonyl (C=O) groups excluding carboxylic acids is 1. The van der Waals surface area contributed by atoms with Crippen LogP contribution < -0.4 is 10.6 Å². The molecule has 5 fully saturated rings. The van der Waals surface area contributed by atoms with Crippen molar-refractivity contribution in [2.75, 3.05) is 6.54 Å². The van der Waals surface area contributed by atoms with E-state index in [2.05, 4.69) is 10.6 Å². The average Bonchev–Trinajstić information content (AvgIpc) is 2.87. The zero-order valence-corrected chi connectivity index (χ0v) is 12.5. The predicted molar refractivity (Wildman–Crippen MR) is 79.4 cm³/mol. The first-order valence-corrected chi connectivity index (χ1v) is 8.77. The van der Waals surface area contributed by atoms with Gasteiger partial charge in [-0.15, -0.1) is 0 Å². The van der Waals surface area contributed by atoms with Crippen molar-refractivity contribution < 1.29 is 4.79 Å². The second-order valence-corrected chi connectivity index (χ2v) is 8.18. The third kappa shape index (κ3) is 2.44. The maximum absolute atomic E-state index is 12.3. The third-order valence-corrected chi connectivity index (χ3v) is 6.44. The summed E-state index contributed by atoms with van der Waals surface area (Å²) in [6.07, 6.45) is 13.3.